The van der Waals surface area contributed by atoms with E-state index >= 15 is 0 Å². The van der Waals surface area contributed by atoms with Crippen LogP contribution in [-0.2, 0) is 0 Å². The van der Waals surface area contributed by atoms with E-state index in [1.54, 1.807) is 61.6 Å². The van der Waals surface area contributed by atoms with E-state index < -0.39 is 0 Å². The summed E-state index contributed by atoms with van der Waals surface area (Å²) in [5, 5.41) is 2.90. The molecule has 138 valence electrons. The second kappa shape index (κ2) is 8.14. The molecule has 3 aromatic carbocycles. The monoisotopic (exact) mass is 363 g/mol. The standard InChI is InChI=1S/C21H21N3O3/c1-26-19-12-16(13-20(14-19)27-2)23-21(25)24(17-6-4-3-5-7-17)18-10-8-15(22)9-11-18/h3-14H,22H2,1-2H3,(H,23,25). The Morgan fingerprint density at radius 1 is 0.852 bits per heavy atom. The fourth-order valence-electron chi connectivity index (χ4n) is 2.64. The highest BCUT2D eigenvalue weighted by atomic mass is 16.5. The van der Waals surface area contributed by atoms with Gasteiger partial charge in [-0.2, -0.15) is 0 Å². The summed E-state index contributed by atoms with van der Waals surface area (Å²) < 4.78 is 10.5. The van der Waals surface area contributed by atoms with E-state index in [2.05, 4.69) is 5.32 Å². The predicted molar refractivity (Wildman–Crippen MR) is 108 cm³/mol. The van der Waals surface area contributed by atoms with Gasteiger partial charge in [0, 0.05) is 29.6 Å². The normalized spacial score (nSPS) is 10.1. The van der Waals surface area contributed by atoms with Crippen LogP contribution in [0, 0.1) is 0 Å². The van der Waals surface area contributed by atoms with Crippen LogP contribution in [0.4, 0.5) is 27.5 Å². The van der Waals surface area contributed by atoms with Gasteiger partial charge in [-0.25, -0.2) is 4.79 Å². The summed E-state index contributed by atoms with van der Waals surface area (Å²) in [7, 11) is 3.12. The molecular formula is C21H21N3O3. The maximum atomic E-state index is 13.1. The average molecular weight is 363 g/mol. The third kappa shape index (κ3) is 4.30. The number of nitrogens with zero attached hydrogens (tertiary/aromatic N) is 1. The van der Waals surface area contributed by atoms with E-state index in [1.807, 2.05) is 30.3 Å². The topological polar surface area (TPSA) is 76.8 Å². The van der Waals surface area contributed by atoms with Crippen molar-refractivity contribution in [3.8, 4) is 11.5 Å². The lowest BCUT2D eigenvalue weighted by atomic mass is 10.2. The number of carbonyl (C=O) groups excluding carboxylic acids is 1. The van der Waals surface area contributed by atoms with Crippen LogP contribution < -0.4 is 25.4 Å². The number of benzene rings is 3. The Hall–Kier alpha value is -3.67. The molecule has 6 heteroatoms. The number of para-hydroxylation sites is 1. The Labute approximate surface area is 158 Å². The van der Waals surface area contributed by atoms with E-state index in [1.165, 1.54) is 0 Å². The minimum absolute atomic E-state index is 0.318. The second-order valence-corrected chi connectivity index (χ2v) is 5.79. The van der Waals surface area contributed by atoms with Crippen LogP contribution in [0.2, 0.25) is 0 Å². The maximum Gasteiger partial charge on any atom is 0.330 e. The highest BCUT2D eigenvalue weighted by Crippen LogP contribution is 2.29. The number of methoxy groups -OCH3 is 2. The lowest BCUT2D eigenvalue weighted by molar-refractivity contribution is 0.259. The summed E-state index contributed by atoms with van der Waals surface area (Å²) in [6.45, 7) is 0. The molecule has 0 aliphatic heterocycles. The van der Waals surface area contributed by atoms with E-state index in [-0.39, 0.29) is 6.03 Å². The number of hydrogen-bond acceptors (Lipinski definition) is 4. The van der Waals surface area contributed by atoms with Gasteiger partial charge in [0.25, 0.3) is 0 Å². The van der Waals surface area contributed by atoms with E-state index in [0.29, 0.717) is 28.6 Å². The fraction of sp³-hybridized carbons (Fsp3) is 0.0952. The van der Waals surface area contributed by atoms with Crippen molar-refractivity contribution >= 4 is 28.8 Å². The van der Waals surface area contributed by atoms with Crippen molar-refractivity contribution in [2.75, 3.05) is 30.2 Å². The molecule has 0 fully saturated rings. The highest BCUT2D eigenvalue weighted by molar-refractivity contribution is 6.07. The van der Waals surface area contributed by atoms with Gasteiger partial charge in [-0.1, -0.05) is 18.2 Å². The smallest absolute Gasteiger partial charge is 0.330 e. The molecule has 6 nitrogen and oxygen atoms in total. The summed E-state index contributed by atoms with van der Waals surface area (Å²) in [4.78, 5) is 14.7. The van der Waals surface area contributed by atoms with E-state index in [4.69, 9.17) is 15.2 Å². The van der Waals surface area contributed by atoms with Gasteiger partial charge >= 0.3 is 6.03 Å². The first kappa shape index (κ1) is 18.1. The van der Waals surface area contributed by atoms with Crippen molar-refractivity contribution in [2.45, 2.75) is 0 Å². The molecule has 0 saturated heterocycles. The Kier molecular flexibility index (Phi) is 5.47. The lowest BCUT2D eigenvalue weighted by Crippen LogP contribution is -2.30. The third-order valence-corrected chi connectivity index (χ3v) is 3.97. The molecule has 2 amide bonds. The van der Waals surface area contributed by atoms with Crippen molar-refractivity contribution in [2.24, 2.45) is 0 Å². The number of nitrogen functional groups attached to an aromatic ring is 1. The number of ether oxygens (including phenoxy) is 2. The molecule has 0 atom stereocenters. The molecule has 0 bridgehead atoms. The Morgan fingerprint density at radius 2 is 1.41 bits per heavy atom. The molecule has 27 heavy (non-hydrogen) atoms. The number of rotatable bonds is 5. The number of anilines is 4. The van der Waals surface area contributed by atoms with Gasteiger partial charge in [-0.05, 0) is 36.4 Å². The molecule has 0 spiro atoms. The predicted octanol–water partition coefficient (Wildman–Crippen LogP) is 4.66. The van der Waals surface area contributed by atoms with Crippen molar-refractivity contribution in [1.82, 2.24) is 0 Å². The van der Waals surface area contributed by atoms with Crippen LogP contribution in [0.1, 0.15) is 0 Å². The number of hydrogen-bond donors (Lipinski definition) is 2. The summed E-state index contributed by atoms with van der Waals surface area (Å²) in [5.74, 6) is 1.17. The second-order valence-electron chi connectivity index (χ2n) is 5.79. The molecule has 0 aromatic heterocycles. The zero-order chi connectivity index (χ0) is 19.2. The van der Waals surface area contributed by atoms with Gasteiger partial charge < -0.3 is 20.5 Å². The molecular weight excluding hydrogens is 342 g/mol. The van der Waals surface area contributed by atoms with Crippen molar-refractivity contribution in [3.63, 3.8) is 0 Å². The van der Waals surface area contributed by atoms with Crippen LogP contribution in [0.25, 0.3) is 0 Å². The average Bonchev–Trinajstić information content (AvgIpc) is 2.70. The first-order valence-electron chi connectivity index (χ1n) is 8.35. The summed E-state index contributed by atoms with van der Waals surface area (Å²) in [5.41, 5.74) is 8.40. The molecule has 0 radical (unpaired) electrons. The lowest BCUT2D eigenvalue weighted by Gasteiger charge is -2.24. The number of urea groups is 1. The quantitative estimate of drug-likeness (QED) is 0.647. The van der Waals surface area contributed by atoms with Crippen molar-refractivity contribution in [3.05, 3.63) is 72.8 Å². The van der Waals surface area contributed by atoms with Gasteiger partial charge in [0.2, 0.25) is 0 Å². The molecule has 0 saturated carbocycles. The van der Waals surface area contributed by atoms with Crippen molar-refractivity contribution in [1.29, 1.82) is 0 Å². The fourth-order valence-corrected chi connectivity index (χ4v) is 2.64. The van der Waals surface area contributed by atoms with Gasteiger partial charge in [-0.15, -0.1) is 0 Å². The van der Waals surface area contributed by atoms with E-state index in [9.17, 15) is 4.79 Å². The Bertz CT molecular complexity index is 889. The zero-order valence-electron chi connectivity index (χ0n) is 15.2. The summed E-state index contributed by atoms with van der Waals surface area (Å²) >= 11 is 0. The van der Waals surface area contributed by atoms with Gasteiger partial charge in [0.1, 0.15) is 11.5 Å². The number of amides is 2. The minimum Gasteiger partial charge on any atom is -0.497 e. The van der Waals surface area contributed by atoms with Crippen LogP contribution in [0.15, 0.2) is 72.8 Å². The minimum atomic E-state index is -0.318. The zero-order valence-corrected chi connectivity index (χ0v) is 15.2. The van der Waals surface area contributed by atoms with Crippen LogP contribution >= 0.6 is 0 Å². The third-order valence-electron chi connectivity index (χ3n) is 3.97. The molecule has 3 N–H and O–H groups in total. The largest absolute Gasteiger partial charge is 0.497 e. The Balaban J connectivity index is 1.95. The molecule has 0 aliphatic carbocycles. The maximum absolute atomic E-state index is 13.1. The van der Waals surface area contributed by atoms with Crippen LogP contribution in [0.5, 0.6) is 11.5 Å². The van der Waals surface area contributed by atoms with Crippen LogP contribution in [-0.4, -0.2) is 20.3 Å². The van der Waals surface area contributed by atoms with Crippen molar-refractivity contribution < 1.29 is 14.3 Å². The van der Waals surface area contributed by atoms with Crippen LogP contribution in [0.3, 0.4) is 0 Å². The first-order valence-corrected chi connectivity index (χ1v) is 8.35. The first-order chi connectivity index (χ1) is 13.1. The number of nitrogens with two attached hydrogens (primary N) is 1. The van der Waals surface area contributed by atoms with Gasteiger partial charge in [0.05, 0.1) is 25.6 Å². The number of carbonyl (C=O) groups is 1. The molecule has 0 aliphatic rings. The summed E-state index contributed by atoms with van der Waals surface area (Å²) in [6.07, 6.45) is 0. The molecule has 3 rings (SSSR count). The molecule has 0 unspecified atom stereocenters. The van der Waals surface area contributed by atoms with Gasteiger partial charge in [-0.3, -0.25) is 4.90 Å². The van der Waals surface area contributed by atoms with E-state index in [0.717, 1.165) is 5.69 Å². The molecule has 0 heterocycles. The highest BCUT2D eigenvalue weighted by Gasteiger charge is 2.18. The molecule has 3 aromatic rings. The summed E-state index contributed by atoms with van der Waals surface area (Å²) in [6, 6.07) is 21.4. The Morgan fingerprint density at radius 3 is 1.96 bits per heavy atom. The number of nitrogens with one attached hydrogen (secondary N) is 1. The van der Waals surface area contributed by atoms with Gasteiger partial charge in [0.15, 0.2) is 0 Å². The SMILES string of the molecule is COc1cc(NC(=O)N(c2ccccc2)c2ccc(N)cc2)cc(OC)c1.